The van der Waals surface area contributed by atoms with Crippen molar-refractivity contribution in [2.75, 3.05) is 0 Å². The highest BCUT2D eigenvalue weighted by atomic mass is 32.2. The van der Waals surface area contributed by atoms with Gasteiger partial charge in [-0.2, -0.15) is 8.42 Å². The zero-order chi connectivity index (χ0) is 14.1. The van der Waals surface area contributed by atoms with Gasteiger partial charge in [0.05, 0.1) is 11.0 Å². The molecule has 1 aromatic carbocycles. The van der Waals surface area contributed by atoms with Gasteiger partial charge in [-0.15, -0.1) is 0 Å². The van der Waals surface area contributed by atoms with Crippen molar-refractivity contribution in [2.24, 2.45) is 0 Å². The van der Waals surface area contributed by atoms with Crippen LogP contribution in [0.1, 0.15) is 52.4 Å². The van der Waals surface area contributed by atoms with Crippen molar-refractivity contribution in [1.29, 1.82) is 0 Å². The van der Waals surface area contributed by atoms with Crippen LogP contribution in [0.15, 0.2) is 35.2 Å². The zero-order valence-electron chi connectivity index (χ0n) is 11.8. The molecule has 0 bridgehead atoms. The second kappa shape index (κ2) is 8.33. The number of rotatable bonds is 9. The fraction of sp³-hybridized carbons (Fsp3) is 0.600. The van der Waals surface area contributed by atoms with E-state index in [1.165, 1.54) is 12.8 Å². The van der Waals surface area contributed by atoms with Crippen LogP contribution < -0.4 is 0 Å². The lowest BCUT2D eigenvalue weighted by Crippen LogP contribution is -2.18. The van der Waals surface area contributed by atoms with E-state index in [-0.39, 0.29) is 11.0 Å². The topological polar surface area (TPSA) is 43.4 Å². The summed E-state index contributed by atoms with van der Waals surface area (Å²) in [6.07, 6.45) is 5.86. The summed E-state index contributed by atoms with van der Waals surface area (Å²) in [6.45, 7) is 4.12. The second-order valence-electron chi connectivity index (χ2n) is 4.74. The Bertz CT molecular complexity index is 440. The van der Waals surface area contributed by atoms with Crippen molar-refractivity contribution < 1.29 is 12.6 Å². The van der Waals surface area contributed by atoms with E-state index in [1.807, 2.05) is 6.92 Å². The van der Waals surface area contributed by atoms with Crippen LogP contribution in [0.5, 0.6) is 0 Å². The van der Waals surface area contributed by atoms with Gasteiger partial charge >= 0.3 is 0 Å². The molecular weight excluding hydrogens is 260 g/mol. The Morgan fingerprint density at radius 3 is 2.32 bits per heavy atom. The standard InChI is InChI=1S/C15H24O3S/c1-3-5-6-8-11-14(4-2)18-19(16,17)15-12-9-7-10-13-15/h7,9-10,12-14H,3-6,8,11H2,1-2H3. The Morgan fingerprint density at radius 1 is 1.05 bits per heavy atom. The lowest BCUT2D eigenvalue weighted by Gasteiger charge is -2.15. The molecule has 0 aliphatic carbocycles. The minimum Gasteiger partial charge on any atom is -0.263 e. The van der Waals surface area contributed by atoms with Gasteiger partial charge in [0.15, 0.2) is 0 Å². The van der Waals surface area contributed by atoms with Gasteiger partial charge < -0.3 is 0 Å². The molecule has 1 rings (SSSR count). The summed E-state index contributed by atoms with van der Waals surface area (Å²) < 4.78 is 29.5. The minimum absolute atomic E-state index is 0.206. The molecule has 0 saturated heterocycles. The van der Waals surface area contributed by atoms with Crippen LogP contribution in [-0.4, -0.2) is 14.5 Å². The molecule has 108 valence electrons. The molecule has 19 heavy (non-hydrogen) atoms. The summed E-state index contributed by atoms with van der Waals surface area (Å²) >= 11 is 0. The highest BCUT2D eigenvalue weighted by Gasteiger charge is 2.20. The predicted molar refractivity (Wildman–Crippen MR) is 77.6 cm³/mol. The molecule has 4 heteroatoms. The highest BCUT2D eigenvalue weighted by Crippen LogP contribution is 2.18. The fourth-order valence-corrected chi connectivity index (χ4v) is 3.13. The van der Waals surface area contributed by atoms with Crippen LogP contribution in [0, 0.1) is 0 Å². The zero-order valence-corrected chi connectivity index (χ0v) is 12.7. The van der Waals surface area contributed by atoms with Crippen molar-refractivity contribution in [3.8, 4) is 0 Å². The molecule has 0 aliphatic heterocycles. The van der Waals surface area contributed by atoms with Gasteiger partial charge in [0.1, 0.15) is 0 Å². The Labute approximate surface area is 117 Å². The molecular formula is C15H24O3S. The maximum absolute atomic E-state index is 12.1. The van der Waals surface area contributed by atoms with Gasteiger partial charge in [0, 0.05) is 0 Å². The lowest BCUT2D eigenvalue weighted by molar-refractivity contribution is 0.190. The molecule has 0 amide bonds. The number of benzene rings is 1. The first kappa shape index (κ1) is 16.2. The smallest absolute Gasteiger partial charge is 0.263 e. The lowest BCUT2D eigenvalue weighted by atomic mass is 10.1. The first-order chi connectivity index (χ1) is 9.10. The molecule has 0 aromatic heterocycles. The third-order valence-corrected chi connectivity index (χ3v) is 4.50. The van der Waals surface area contributed by atoms with Gasteiger partial charge in [0.2, 0.25) is 0 Å². The Kier molecular flexibility index (Phi) is 7.10. The molecule has 0 saturated carbocycles. The number of hydrogen-bond acceptors (Lipinski definition) is 3. The Balaban J connectivity index is 2.55. The molecule has 0 N–H and O–H groups in total. The van der Waals surface area contributed by atoms with Gasteiger partial charge in [0.25, 0.3) is 10.1 Å². The Hall–Kier alpha value is -0.870. The maximum atomic E-state index is 12.1. The van der Waals surface area contributed by atoms with E-state index < -0.39 is 10.1 Å². The van der Waals surface area contributed by atoms with Crippen LogP contribution in [0.2, 0.25) is 0 Å². The normalized spacial score (nSPS) is 13.4. The van der Waals surface area contributed by atoms with Crippen LogP contribution >= 0.6 is 0 Å². The number of unbranched alkanes of at least 4 members (excludes halogenated alkanes) is 3. The van der Waals surface area contributed by atoms with E-state index in [0.717, 1.165) is 25.7 Å². The van der Waals surface area contributed by atoms with E-state index in [4.69, 9.17) is 4.18 Å². The van der Waals surface area contributed by atoms with E-state index in [2.05, 4.69) is 6.92 Å². The largest absolute Gasteiger partial charge is 0.297 e. The second-order valence-corrected chi connectivity index (χ2v) is 6.32. The quantitative estimate of drug-likeness (QED) is 0.505. The van der Waals surface area contributed by atoms with Crippen molar-refractivity contribution in [1.82, 2.24) is 0 Å². The monoisotopic (exact) mass is 284 g/mol. The average Bonchev–Trinajstić information content (AvgIpc) is 2.43. The molecule has 1 aromatic rings. The first-order valence-corrected chi connectivity index (χ1v) is 8.49. The molecule has 1 unspecified atom stereocenters. The van der Waals surface area contributed by atoms with Crippen LogP contribution in [0.3, 0.4) is 0 Å². The molecule has 0 spiro atoms. The fourth-order valence-electron chi connectivity index (χ4n) is 1.94. The van der Waals surface area contributed by atoms with Crippen LogP contribution in [-0.2, 0) is 14.3 Å². The third-order valence-electron chi connectivity index (χ3n) is 3.13. The van der Waals surface area contributed by atoms with Gasteiger partial charge in [-0.05, 0) is 25.0 Å². The van der Waals surface area contributed by atoms with E-state index >= 15 is 0 Å². The maximum Gasteiger partial charge on any atom is 0.297 e. The summed E-state index contributed by atoms with van der Waals surface area (Å²) in [7, 11) is -3.61. The molecule has 0 fully saturated rings. The Morgan fingerprint density at radius 2 is 1.74 bits per heavy atom. The van der Waals surface area contributed by atoms with Gasteiger partial charge in [-0.25, -0.2) is 0 Å². The number of hydrogen-bond donors (Lipinski definition) is 0. The molecule has 3 nitrogen and oxygen atoms in total. The highest BCUT2D eigenvalue weighted by molar-refractivity contribution is 7.86. The van der Waals surface area contributed by atoms with E-state index in [1.54, 1.807) is 30.3 Å². The van der Waals surface area contributed by atoms with E-state index in [9.17, 15) is 8.42 Å². The minimum atomic E-state index is -3.61. The summed E-state index contributed by atoms with van der Waals surface area (Å²) in [4.78, 5) is 0.238. The summed E-state index contributed by atoms with van der Waals surface area (Å²) in [5.74, 6) is 0. The van der Waals surface area contributed by atoms with Crippen LogP contribution in [0.25, 0.3) is 0 Å². The molecule has 1 atom stereocenters. The summed E-state index contributed by atoms with van der Waals surface area (Å²) in [5.41, 5.74) is 0. The molecule has 0 aliphatic rings. The van der Waals surface area contributed by atoms with Gasteiger partial charge in [-0.3, -0.25) is 4.18 Å². The summed E-state index contributed by atoms with van der Waals surface area (Å²) in [6, 6.07) is 8.34. The van der Waals surface area contributed by atoms with Crippen LogP contribution in [0.4, 0.5) is 0 Å². The van der Waals surface area contributed by atoms with Crippen molar-refractivity contribution in [3.63, 3.8) is 0 Å². The van der Waals surface area contributed by atoms with E-state index in [0.29, 0.717) is 0 Å². The summed E-state index contributed by atoms with van der Waals surface area (Å²) in [5, 5.41) is 0. The van der Waals surface area contributed by atoms with Crippen molar-refractivity contribution in [2.45, 2.75) is 63.4 Å². The SMILES string of the molecule is CCCCCCC(CC)OS(=O)(=O)c1ccccc1. The average molecular weight is 284 g/mol. The third kappa shape index (κ3) is 5.74. The molecule has 0 heterocycles. The van der Waals surface area contributed by atoms with Crippen molar-refractivity contribution in [3.05, 3.63) is 30.3 Å². The molecule has 0 radical (unpaired) electrons. The predicted octanol–water partition coefficient (Wildman–Crippen LogP) is 4.14. The first-order valence-electron chi connectivity index (χ1n) is 7.08. The van der Waals surface area contributed by atoms with Gasteiger partial charge in [-0.1, -0.05) is 57.7 Å². The van der Waals surface area contributed by atoms with Crippen molar-refractivity contribution >= 4 is 10.1 Å².